The fourth-order valence-corrected chi connectivity index (χ4v) is 2.35. The molecule has 0 radical (unpaired) electrons. The van der Waals surface area contributed by atoms with Crippen LogP contribution in [0, 0.1) is 5.41 Å². The normalized spacial score (nSPS) is 25.4. The lowest BCUT2D eigenvalue weighted by atomic mass is 9.77. The molecular weight excluding hydrogens is 136 g/mol. The summed E-state index contributed by atoms with van der Waals surface area (Å²) in [5, 5.41) is 0. The minimum atomic E-state index is 0.481. The van der Waals surface area contributed by atoms with Crippen LogP contribution in [0.4, 0.5) is 0 Å². The number of nitrogens with two attached hydrogens (primary N) is 1. The summed E-state index contributed by atoms with van der Waals surface area (Å²) >= 11 is 0. The van der Waals surface area contributed by atoms with E-state index in [1.807, 2.05) is 0 Å². The van der Waals surface area contributed by atoms with Gasteiger partial charge in [0.05, 0.1) is 0 Å². The fourth-order valence-electron chi connectivity index (χ4n) is 2.35. The lowest BCUT2D eigenvalue weighted by Crippen LogP contribution is -2.44. The third-order valence-corrected chi connectivity index (χ3v) is 3.47. The van der Waals surface area contributed by atoms with Gasteiger partial charge in [0, 0.05) is 6.04 Å². The lowest BCUT2D eigenvalue weighted by Gasteiger charge is -2.33. The summed E-state index contributed by atoms with van der Waals surface area (Å²) in [6, 6.07) is 0.481. The molecule has 1 fully saturated rings. The largest absolute Gasteiger partial charge is 0.271 e. The third-order valence-electron chi connectivity index (χ3n) is 3.47. The topological polar surface area (TPSA) is 38.0 Å². The first-order valence-electron chi connectivity index (χ1n) is 4.71. The second-order valence-corrected chi connectivity index (χ2v) is 3.81. The summed E-state index contributed by atoms with van der Waals surface area (Å²) < 4.78 is 0. The van der Waals surface area contributed by atoms with E-state index in [2.05, 4.69) is 19.3 Å². The molecule has 0 heterocycles. The molecule has 66 valence electrons. The number of rotatable bonds is 3. The Labute approximate surface area is 69.5 Å². The quantitative estimate of drug-likeness (QED) is 0.483. The maximum absolute atomic E-state index is 5.46. The Bertz CT molecular complexity index is 117. The van der Waals surface area contributed by atoms with Crippen molar-refractivity contribution in [3.63, 3.8) is 0 Å². The molecule has 0 aromatic heterocycles. The van der Waals surface area contributed by atoms with Crippen LogP contribution in [0.3, 0.4) is 0 Å². The third kappa shape index (κ3) is 1.57. The summed E-state index contributed by atoms with van der Waals surface area (Å²) in [4.78, 5) is 0. The van der Waals surface area contributed by atoms with E-state index in [1.54, 1.807) is 0 Å². The number of hydrogen-bond acceptors (Lipinski definition) is 2. The van der Waals surface area contributed by atoms with Crippen LogP contribution in [0.1, 0.15) is 46.0 Å². The Morgan fingerprint density at radius 1 is 1.45 bits per heavy atom. The van der Waals surface area contributed by atoms with Gasteiger partial charge in [-0.15, -0.1) is 0 Å². The molecule has 0 bridgehead atoms. The highest BCUT2D eigenvalue weighted by Gasteiger charge is 2.36. The van der Waals surface area contributed by atoms with Crippen molar-refractivity contribution in [1.29, 1.82) is 0 Å². The summed E-state index contributed by atoms with van der Waals surface area (Å²) in [6.07, 6.45) is 6.75. The van der Waals surface area contributed by atoms with Crippen LogP contribution in [0.5, 0.6) is 0 Å². The van der Waals surface area contributed by atoms with E-state index in [9.17, 15) is 0 Å². The van der Waals surface area contributed by atoms with Crippen LogP contribution in [0.15, 0.2) is 0 Å². The van der Waals surface area contributed by atoms with Crippen molar-refractivity contribution in [2.75, 3.05) is 0 Å². The number of nitrogens with one attached hydrogen (secondary N) is 1. The minimum absolute atomic E-state index is 0.481. The molecule has 3 N–H and O–H groups in total. The van der Waals surface area contributed by atoms with E-state index in [0.717, 1.165) is 0 Å². The van der Waals surface area contributed by atoms with Crippen LogP contribution in [0.25, 0.3) is 0 Å². The van der Waals surface area contributed by atoms with Crippen molar-refractivity contribution >= 4 is 0 Å². The molecule has 2 nitrogen and oxygen atoms in total. The summed E-state index contributed by atoms with van der Waals surface area (Å²) in [5.74, 6) is 5.46. The zero-order chi connectivity index (χ0) is 8.32. The number of hydrazine groups is 1. The predicted octanol–water partition coefficient (Wildman–Crippen LogP) is 1.81. The van der Waals surface area contributed by atoms with Gasteiger partial charge in [0.25, 0.3) is 0 Å². The standard InChI is InChI=1S/C9H20N2/c1-3-9(8(2)11-10)6-4-5-7-9/h8,11H,3-7,10H2,1-2H3. The van der Waals surface area contributed by atoms with Crippen molar-refractivity contribution in [2.24, 2.45) is 11.3 Å². The molecule has 2 heteroatoms. The summed E-state index contributed by atoms with van der Waals surface area (Å²) in [7, 11) is 0. The molecule has 1 atom stereocenters. The van der Waals surface area contributed by atoms with Gasteiger partial charge in [-0.3, -0.25) is 11.3 Å². The smallest absolute Gasteiger partial charge is 0.0238 e. The minimum Gasteiger partial charge on any atom is -0.271 e. The Hall–Kier alpha value is -0.0800. The molecule has 0 aliphatic heterocycles. The van der Waals surface area contributed by atoms with Crippen LogP contribution in [-0.4, -0.2) is 6.04 Å². The maximum Gasteiger partial charge on any atom is 0.0238 e. The molecule has 1 saturated carbocycles. The molecule has 0 aromatic rings. The zero-order valence-electron chi connectivity index (χ0n) is 7.69. The van der Waals surface area contributed by atoms with Gasteiger partial charge in [-0.2, -0.15) is 0 Å². The van der Waals surface area contributed by atoms with Crippen molar-refractivity contribution in [1.82, 2.24) is 5.43 Å². The Morgan fingerprint density at radius 2 is 2.00 bits per heavy atom. The van der Waals surface area contributed by atoms with Crippen LogP contribution in [-0.2, 0) is 0 Å². The molecular formula is C9H20N2. The van der Waals surface area contributed by atoms with Crippen molar-refractivity contribution in [3.8, 4) is 0 Å². The molecule has 1 unspecified atom stereocenters. The first-order valence-corrected chi connectivity index (χ1v) is 4.71. The molecule has 11 heavy (non-hydrogen) atoms. The van der Waals surface area contributed by atoms with Gasteiger partial charge in [0.15, 0.2) is 0 Å². The molecule has 1 rings (SSSR count). The van der Waals surface area contributed by atoms with E-state index >= 15 is 0 Å². The Kier molecular flexibility index (Phi) is 2.90. The average Bonchev–Trinajstić information content (AvgIpc) is 2.52. The van der Waals surface area contributed by atoms with Crippen molar-refractivity contribution in [3.05, 3.63) is 0 Å². The summed E-state index contributed by atoms with van der Waals surface area (Å²) in [5.41, 5.74) is 3.41. The van der Waals surface area contributed by atoms with Gasteiger partial charge >= 0.3 is 0 Å². The molecule has 0 aromatic carbocycles. The predicted molar refractivity (Wildman–Crippen MR) is 48.0 cm³/mol. The van der Waals surface area contributed by atoms with Gasteiger partial charge < -0.3 is 0 Å². The SMILES string of the molecule is CCC1(C(C)NN)CCCC1. The van der Waals surface area contributed by atoms with E-state index < -0.39 is 0 Å². The van der Waals surface area contributed by atoms with Gasteiger partial charge in [0.1, 0.15) is 0 Å². The Balaban J connectivity index is 2.58. The highest BCUT2D eigenvalue weighted by Crippen LogP contribution is 2.43. The van der Waals surface area contributed by atoms with Gasteiger partial charge in [-0.25, -0.2) is 0 Å². The fraction of sp³-hybridized carbons (Fsp3) is 1.00. The summed E-state index contributed by atoms with van der Waals surface area (Å²) in [6.45, 7) is 4.48. The van der Waals surface area contributed by atoms with Crippen molar-refractivity contribution in [2.45, 2.75) is 52.0 Å². The molecule has 0 saturated heterocycles. The maximum atomic E-state index is 5.46. The highest BCUT2D eigenvalue weighted by atomic mass is 15.2. The van der Waals surface area contributed by atoms with Crippen molar-refractivity contribution < 1.29 is 0 Å². The second kappa shape index (κ2) is 3.55. The second-order valence-electron chi connectivity index (χ2n) is 3.81. The van der Waals surface area contributed by atoms with Gasteiger partial charge in [-0.1, -0.05) is 19.8 Å². The van der Waals surface area contributed by atoms with Crippen LogP contribution in [0.2, 0.25) is 0 Å². The van der Waals surface area contributed by atoms with Gasteiger partial charge in [0.2, 0.25) is 0 Å². The first-order chi connectivity index (χ1) is 5.25. The molecule has 1 aliphatic rings. The van der Waals surface area contributed by atoms with E-state index in [-0.39, 0.29) is 0 Å². The molecule has 1 aliphatic carbocycles. The lowest BCUT2D eigenvalue weighted by molar-refractivity contribution is 0.200. The van der Waals surface area contributed by atoms with E-state index in [4.69, 9.17) is 5.84 Å². The highest BCUT2D eigenvalue weighted by molar-refractivity contribution is 4.90. The first kappa shape index (κ1) is 9.01. The Morgan fingerprint density at radius 3 is 2.36 bits per heavy atom. The number of hydrogen-bond donors (Lipinski definition) is 2. The monoisotopic (exact) mass is 156 g/mol. The average molecular weight is 156 g/mol. The van der Waals surface area contributed by atoms with Gasteiger partial charge in [-0.05, 0) is 31.6 Å². The zero-order valence-corrected chi connectivity index (χ0v) is 7.69. The molecule has 0 amide bonds. The van der Waals surface area contributed by atoms with Crippen LogP contribution < -0.4 is 11.3 Å². The molecule has 0 spiro atoms. The van der Waals surface area contributed by atoms with E-state index in [0.29, 0.717) is 11.5 Å². The van der Waals surface area contributed by atoms with Crippen LogP contribution >= 0.6 is 0 Å². The van der Waals surface area contributed by atoms with E-state index in [1.165, 1.54) is 32.1 Å².